The first-order valence-electron chi connectivity index (χ1n) is 4.52. The zero-order chi connectivity index (χ0) is 8.39. The van der Waals surface area contributed by atoms with Crippen molar-refractivity contribution in [1.29, 1.82) is 0 Å². The molecule has 2 atom stereocenters. The van der Waals surface area contributed by atoms with Gasteiger partial charge in [0.05, 0.1) is 0 Å². The average Bonchev–Trinajstić information content (AvgIpc) is 2.05. The second-order valence-electron chi connectivity index (χ2n) is 3.51. The third-order valence-corrected chi connectivity index (χ3v) is 3.68. The lowest BCUT2D eigenvalue weighted by atomic mass is 9.71. The second-order valence-corrected chi connectivity index (χ2v) is 4.16. The van der Waals surface area contributed by atoms with Crippen LogP contribution in [0.25, 0.3) is 0 Å². The van der Waals surface area contributed by atoms with E-state index < -0.39 is 0 Å². The van der Waals surface area contributed by atoms with E-state index in [2.05, 4.69) is 46.3 Å². The van der Waals surface area contributed by atoms with Gasteiger partial charge < -0.3 is 0 Å². The molecule has 1 heteroatoms. The van der Waals surface area contributed by atoms with E-state index in [1.807, 2.05) is 0 Å². The minimum absolute atomic E-state index is 0.825. The van der Waals surface area contributed by atoms with E-state index in [0.29, 0.717) is 0 Å². The molecule has 1 aliphatic rings. The summed E-state index contributed by atoms with van der Waals surface area (Å²) in [4.78, 5) is 0. The van der Waals surface area contributed by atoms with E-state index in [1.54, 1.807) is 0 Å². The molecule has 1 fully saturated rings. The summed E-state index contributed by atoms with van der Waals surface area (Å²) in [5, 5.41) is 1.16. The predicted octanol–water partition coefficient (Wildman–Crippen LogP) is 3.58. The second kappa shape index (κ2) is 3.61. The lowest BCUT2D eigenvalue weighted by Crippen LogP contribution is -2.24. The normalized spacial score (nSPS) is 28.1. The van der Waals surface area contributed by atoms with E-state index in [-0.39, 0.29) is 0 Å². The lowest BCUT2D eigenvalue weighted by Gasteiger charge is -2.35. The van der Waals surface area contributed by atoms with Crippen LogP contribution in [0.2, 0.25) is 0 Å². The summed E-state index contributed by atoms with van der Waals surface area (Å²) in [6.07, 6.45) is 2.77. The molecular formula is C11H13Br. The highest BCUT2D eigenvalue weighted by atomic mass is 79.9. The minimum atomic E-state index is 0.825. The van der Waals surface area contributed by atoms with Gasteiger partial charge in [-0.2, -0.15) is 0 Å². The molecule has 0 aliphatic heterocycles. The van der Waals surface area contributed by atoms with Gasteiger partial charge in [0.2, 0.25) is 0 Å². The maximum atomic E-state index is 3.56. The van der Waals surface area contributed by atoms with Gasteiger partial charge in [-0.05, 0) is 30.2 Å². The fourth-order valence-electron chi connectivity index (χ4n) is 1.89. The summed E-state index contributed by atoms with van der Waals surface area (Å²) in [5.41, 5.74) is 1.52. The van der Waals surface area contributed by atoms with Gasteiger partial charge in [-0.15, -0.1) is 0 Å². The van der Waals surface area contributed by atoms with Crippen LogP contribution >= 0.6 is 15.9 Å². The molecule has 0 saturated heterocycles. The summed E-state index contributed by atoms with van der Waals surface area (Å²) >= 11 is 3.56. The van der Waals surface area contributed by atoms with Crippen LogP contribution in [-0.2, 0) is 0 Å². The van der Waals surface area contributed by atoms with Gasteiger partial charge >= 0.3 is 0 Å². The largest absolute Gasteiger partial charge is 0.0925 e. The first-order chi connectivity index (χ1) is 5.92. The Morgan fingerprint density at radius 3 is 2.42 bits per heavy atom. The van der Waals surface area contributed by atoms with E-state index in [9.17, 15) is 0 Å². The minimum Gasteiger partial charge on any atom is -0.0925 e. The molecule has 0 N–H and O–H groups in total. The Morgan fingerprint density at radius 2 is 1.92 bits per heavy atom. The van der Waals surface area contributed by atoms with Crippen molar-refractivity contribution in [2.75, 3.05) is 5.33 Å². The van der Waals surface area contributed by atoms with Crippen LogP contribution in [0.1, 0.15) is 24.3 Å². The van der Waals surface area contributed by atoms with Gasteiger partial charge in [0.1, 0.15) is 0 Å². The molecule has 1 saturated carbocycles. The van der Waals surface area contributed by atoms with Crippen molar-refractivity contribution in [3.05, 3.63) is 35.9 Å². The standard InChI is InChI=1S/C11H13Br/c12-8-10-6-7-11(10)9-4-2-1-3-5-9/h1-5,10-11H,6-8H2/t10-,11+/m0/s1. The summed E-state index contributed by atoms with van der Waals surface area (Å²) in [6.45, 7) is 0. The molecule has 0 radical (unpaired) electrons. The van der Waals surface area contributed by atoms with Crippen molar-refractivity contribution < 1.29 is 0 Å². The van der Waals surface area contributed by atoms with Crippen LogP contribution in [0.15, 0.2) is 30.3 Å². The number of rotatable bonds is 2. The Hall–Kier alpha value is -0.300. The Bertz CT molecular complexity index is 240. The molecule has 1 aromatic carbocycles. The molecular weight excluding hydrogens is 212 g/mol. The molecule has 0 amide bonds. The first-order valence-corrected chi connectivity index (χ1v) is 5.65. The molecule has 0 heterocycles. The molecule has 0 aromatic heterocycles. The molecule has 0 bridgehead atoms. The molecule has 0 nitrogen and oxygen atoms in total. The highest BCUT2D eigenvalue weighted by Gasteiger charge is 2.30. The fourth-order valence-corrected chi connectivity index (χ4v) is 2.67. The summed E-state index contributed by atoms with van der Waals surface area (Å²) < 4.78 is 0. The van der Waals surface area contributed by atoms with Crippen LogP contribution < -0.4 is 0 Å². The van der Waals surface area contributed by atoms with Crippen molar-refractivity contribution in [3.8, 4) is 0 Å². The van der Waals surface area contributed by atoms with Gasteiger partial charge in [-0.3, -0.25) is 0 Å². The third kappa shape index (κ3) is 1.42. The van der Waals surface area contributed by atoms with E-state index in [1.165, 1.54) is 18.4 Å². The monoisotopic (exact) mass is 224 g/mol. The van der Waals surface area contributed by atoms with Crippen molar-refractivity contribution >= 4 is 15.9 Å². The zero-order valence-electron chi connectivity index (χ0n) is 7.04. The molecule has 0 unspecified atom stereocenters. The van der Waals surface area contributed by atoms with Gasteiger partial charge in [0.25, 0.3) is 0 Å². The van der Waals surface area contributed by atoms with Gasteiger partial charge in [0.15, 0.2) is 0 Å². The lowest BCUT2D eigenvalue weighted by molar-refractivity contribution is 0.288. The number of alkyl halides is 1. The van der Waals surface area contributed by atoms with Gasteiger partial charge in [0, 0.05) is 5.33 Å². The Kier molecular flexibility index (Phi) is 2.50. The molecule has 0 spiro atoms. The summed E-state index contributed by atoms with van der Waals surface area (Å²) in [6, 6.07) is 10.9. The van der Waals surface area contributed by atoms with Gasteiger partial charge in [-0.25, -0.2) is 0 Å². The predicted molar refractivity (Wildman–Crippen MR) is 55.7 cm³/mol. The molecule has 1 aromatic rings. The fraction of sp³-hybridized carbons (Fsp3) is 0.455. The number of hydrogen-bond acceptors (Lipinski definition) is 0. The SMILES string of the molecule is BrC[C@@H]1CC[C@@H]1c1ccccc1. The quantitative estimate of drug-likeness (QED) is 0.675. The topological polar surface area (TPSA) is 0 Å². The van der Waals surface area contributed by atoms with Crippen molar-refractivity contribution in [1.82, 2.24) is 0 Å². The average molecular weight is 225 g/mol. The van der Waals surface area contributed by atoms with E-state index in [4.69, 9.17) is 0 Å². The van der Waals surface area contributed by atoms with Gasteiger partial charge in [-0.1, -0.05) is 46.3 Å². The van der Waals surface area contributed by atoms with E-state index in [0.717, 1.165) is 17.2 Å². The molecule has 12 heavy (non-hydrogen) atoms. The smallest absolute Gasteiger partial charge is 0.00655 e. The van der Waals surface area contributed by atoms with Crippen LogP contribution in [0.5, 0.6) is 0 Å². The molecule has 1 aliphatic carbocycles. The maximum absolute atomic E-state index is 3.56. The Morgan fingerprint density at radius 1 is 1.17 bits per heavy atom. The molecule has 64 valence electrons. The Labute approximate surface area is 82.1 Å². The number of benzene rings is 1. The Balaban J connectivity index is 2.11. The summed E-state index contributed by atoms with van der Waals surface area (Å²) in [7, 11) is 0. The maximum Gasteiger partial charge on any atom is 0.00655 e. The number of hydrogen-bond donors (Lipinski definition) is 0. The van der Waals surface area contributed by atoms with Crippen molar-refractivity contribution in [3.63, 3.8) is 0 Å². The van der Waals surface area contributed by atoms with Crippen molar-refractivity contribution in [2.45, 2.75) is 18.8 Å². The third-order valence-electron chi connectivity index (χ3n) is 2.84. The van der Waals surface area contributed by atoms with Crippen molar-refractivity contribution in [2.24, 2.45) is 5.92 Å². The van der Waals surface area contributed by atoms with E-state index >= 15 is 0 Å². The number of halogens is 1. The highest BCUT2D eigenvalue weighted by Crippen LogP contribution is 2.43. The summed E-state index contributed by atoms with van der Waals surface area (Å²) in [5.74, 6) is 1.71. The van der Waals surface area contributed by atoms with Crippen LogP contribution in [0, 0.1) is 5.92 Å². The van der Waals surface area contributed by atoms with Crippen LogP contribution in [0.4, 0.5) is 0 Å². The van der Waals surface area contributed by atoms with Crippen LogP contribution in [0.3, 0.4) is 0 Å². The molecule has 2 rings (SSSR count). The van der Waals surface area contributed by atoms with Crippen LogP contribution in [-0.4, -0.2) is 5.33 Å². The first kappa shape index (κ1) is 8.31. The zero-order valence-corrected chi connectivity index (χ0v) is 8.63. The highest BCUT2D eigenvalue weighted by molar-refractivity contribution is 9.09.